The van der Waals surface area contributed by atoms with Gasteiger partial charge in [0.25, 0.3) is 5.24 Å². The van der Waals surface area contributed by atoms with Gasteiger partial charge in [0, 0.05) is 41.2 Å². The van der Waals surface area contributed by atoms with Crippen LogP contribution in [0.3, 0.4) is 0 Å². The topological polar surface area (TPSA) is 33.2 Å². The Morgan fingerprint density at radius 1 is 1.18 bits per heavy atom. The van der Waals surface area contributed by atoms with Gasteiger partial charge in [0.1, 0.15) is 0 Å². The Kier molecular flexibility index (Phi) is 4.38. The predicted octanol–water partition coefficient (Wildman–Crippen LogP) is 5.39. The van der Waals surface area contributed by atoms with Crippen LogP contribution in [0, 0.1) is 0 Å². The summed E-state index contributed by atoms with van der Waals surface area (Å²) in [6, 6.07) is 11.6. The fourth-order valence-corrected chi connectivity index (χ4v) is 3.91. The highest BCUT2D eigenvalue weighted by atomic mass is 35.5. The highest BCUT2D eigenvalue weighted by Crippen LogP contribution is 2.40. The van der Waals surface area contributed by atoms with E-state index < -0.39 is 0 Å². The number of carbonyl (C=O) groups excluding carboxylic acids is 1. The van der Waals surface area contributed by atoms with Crippen molar-refractivity contribution in [3.8, 4) is 11.1 Å². The molecule has 0 unspecified atom stereocenters. The van der Waals surface area contributed by atoms with Crippen molar-refractivity contribution in [3.63, 3.8) is 0 Å². The van der Waals surface area contributed by atoms with E-state index in [4.69, 9.17) is 11.6 Å². The van der Waals surface area contributed by atoms with Crippen molar-refractivity contribution in [1.82, 2.24) is 9.27 Å². The van der Waals surface area contributed by atoms with Crippen LogP contribution in [0.2, 0.25) is 5.02 Å². The molecule has 3 nitrogen and oxygen atoms in total. The summed E-state index contributed by atoms with van der Waals surface area (Å²) in [7, 11) is 3.51. The van der Waals surface area contributed by atoms with Gasteiger partial charge in [-0.2, -0.15) is 4.37 Å². The zero-order valence-electron chi connectivity index (χ0n) is 12.0. The highest BCUT2D eigenvalue weighted by molar-refractivity contribution is 8.13. The van der Waals surface area contributed by atoms with Gasteiger partial charge in [-0.3, -0.25) is 4.79 Å². The lowest BCUT2D eigenvalue weighted by Gasteiger charge is -2.13. The van der Waals surface area contributed by atoms with Crippen molar-refractivity contribution in [3.05, 3.63) is 47.6 Å². The Bertz CT molecular complexity index is 828. The SMILES string of the molecule is CN(C)C(=O)Sc1ccc2cnsc2c1-c1ccc(Cl)cc1. The van der Waals surface area contributed by atoms with Crippen molar-refractivity contribution in [2.75, 3.05) is 14.1 Å². The lowest BCUT2D eigenvalue weighted by molar-refractivity contribution is 0.241. The maximum absolute atomic E-state index is 12.1. The van der Waals surface area contributed by atoms with Gasteiger partial charge in [-0.15, -0.1) is 0 Å². The molecule has 0 spiro atoms. The van der Waals surface area contributed by atoms with Gasteiger partial charge in [0.05, 0.1) is 4.70 Å². The van der Waals surface area contributed by atoms with Crippen LogP contribution in [0.25, 0.3) is 21.2 Å². The van der Waals surface area contributed by atoms with Gasteiger partial charge in [0.2, 0.25) is 0 Å². The summed E-state index contributed by atoms with van der Waals surface area (Å²) in [5.74, 6) is 0. The van der Waals surface area contributed by atoms with E-state index in [-0.39, 0.29) is 5.24 Å². The molecule has 1 amide bonds. The number of amides is 1. The van der Waals surface area contributed by atoms with E-state index in [9.17, 15) is 4.79 Å². The van der Waals surface area contributed by atoms with Crippen LogP contribution in [-0.2, 0) is 0 Å². The number of fused-ring (bicyclic) bond motifs is 1. The van der Waals surface area contributed by atoms with Crippen molar-refractivity contribution in [2.45, 2.75) is 4.90 Å². The first-order valence-corrected chi connectivity index (χ1v) is 8.55. The zero-order chi connectivity index (χ0) is 15.7. The molecule has 1 aromatic heterocycles. The molecule has 0 aliphatic heterocycles. The Hall–Kier alpha value is -1.56. The zero-order valence-corrected chi connectivity index (χ0v) is 14.4. The Balaban J connectivity index is 2.17. The number of halogens is 1. The first-order valence-electron chi connectivity index (χ1n) is 6.59. The standard InChI is InChI=1S/C16H13ClN2OS2/c1-19(2)16(20)21-13-8-5-11-9-18-22-15(11)14(13)10-3-6-12(17)7-4-10/h3-9H,1-2H3. The third-order valence-electron chi connectivity index (χ3n) is 3.18. The summed E-state index contributed by atoms with van der Waals surface area (Å²) in [6.07, 6.45) is 1.85. The van der Waals surface area contributed by atoms with E-state index in [2.05, 4.69) is 4.37 Å². The number of thioether (sulfide) groups is 1. The number of rotatable bonds is 2. The summed E-state index contributed by atoms with van der Waals surface area (Å²) in [6.45, 7) is 0. The predicted molar refractivity (Wildman–Crippen MR) is 95.0 cm³/mol. The first kappa shape index (κ1) is 15.3. The minimum absolute atomic E-state index is 0.000853. The molecule has 0 saturated heterocycles. The van der Waals surface area contributed by atoms with Crippen molar-refractivity contribution in [2.24, 2.45) is 0 Å². The number of aromatic nitrogens is 1. The Morgan fingerprint density at radius 3 is 2.59 bits per heavy atom. The Labute approximate surface area is 142 Å². The molecule has 0 N–H and O–H groups in total. The molecule has 0 radical (unpaired) electrons. The molecule has 0 aliphatic carbocycles. The van der Waals surface area contributed by atoms with Gasteiger partial charge in [-0.25, -0.2) is 0 Å². The monoisotopic (exact) mass is 348 g/mol. The normalized spacial score (nSPS) is 10.9. The van der Waals surface area contributed by atoms with Crippen molar-refractivity contribution >= 4 is 50.2 Å². The lowest BCUT2D eigenvalue weighted by atomic mass is 10.0. The number of hydrogen-bond acceptors (Lipinski definition) is 4. The van der Waals surface area contributed by atoms with E-state index in [0.717, 1.165) is 26.1 Å². The third kappa shape index (κ3) is 2.97. The summed E-state index contributed by atoms with van der Waals surface area (Å²) in [4.78, 5) is 14.6. The molecule has 112 valence electrons. The van der Waals surface area contributed by atoms with Gasteiger partial charge in [-0.1, -0.05) is 29.8 Å². The first-order chi connectivity index (χ1) is 10.6. The highest BCUT2D eigenvalue weighted by Gasteiger charge is 2.16. The molecule has 0 saturated carbocycles. The summed E-state index contributed by atoms with van der Waals surface area (Å²) < 4.78 is 5.35. The molecule has 0 bridgehead atoms. The molecule has 0 aliphatic rings. The fourth-order valence-electron chi connectivity index (χ4n) is 2.08. The van der Waals surface area contributed by atoms with Crippen LogP contribution in [-0.4, -0.2) is 28.6 Å². The average Bonchev–Trinajstić information content (AvgIpc) is 2.96. The van der Waals surface area contributed by atoms with Gasteiger partial charge < -0.3 is 4.90 Å². The molecular weight excluding hydrogens is 336 g/mol. The van der Waals surface area contributed by atoms with E-state index in [1.165, 1.54) is 23.3 Å². The summed E-state index contributed by atoms with van der Waals surface area (Å²) >= 11 is 8.66. The quantitative estimate of drug-likeness (QED) is 0.582. The van der Waals surface area contributed by atoms with Crippen LogP contribution in [0.1, 0.15) is 0 Å². The molecule has 0 fully saturated rings. The van der Waals surface area contributed by atoms with E-state index >= 15 is 0 Å². The average molecular weight is 349 g/mol. The van der Waals surface area contributed by atoms with Crippen LogP contribution in [0.15, 0.2) is 47.5 Å². The van der Waals surface area contributed by atoms with E-state index in [1.807, 2.05) is 42.6 Å². The minimum atomic E-state index is -0.000853. The van der Waals surface area contributed by atoms with Crippen molar-refractivity contribution < 1.29 is 4.79 Å². The molecule has 0 atom stereocenters. The number of nitrogens with zero attached hydrogens (tertiary/aromatic N) is 2. The van der Waals surface area contributed by atoms with E-state index in [1.54, 1.807) is 19.0 Å². The molecule has 22 heavy (non-hydrogen) atoms. The molecule has 3 rings (SSSR count). The summed E-state index contributed by atoms with van der Waals surface area (Å²) in [5, 5.41) is 1.77. The maximum Gasteiger partial charge on any atom is 0.285 e. The van der Waals surface area contributed by atoms with Crippen LogP contribution < -0.4 is 0 Å². The summed E-state index contributed by atoms with van der Waals surface area (Å²) in [5.41, 5.74) is 2.07. The van der Waals surface area contributed by atoms with Gasteiger partial charge in [0.15, 0.2) is 0 Å². The molecular formula is C16H13ClN2OS2. The second-order valence-electron chi connectivity index (χ2n) is 4.95. The third-order valence-corrected chi connectivity index (χ3v) is 5.37. The van der Waals surface area contributed by atoms with Crippen LogP contribution >= 0.6 is 34.9 Å². The molecule has 1 heterocycles. The van der Waals surface area contributed by atoms with Crippen LogP contribution in [0.4, 0.5) is 4.79 Å². The smallest absolute Gasteiger partial charge is 0.285 e. The van der Waals surface area contributed by atoms with Gasteiger partial charge in [-0.05, 0) is 47.1 Å². The van der Waals surface area contributed by atoms with Gasteiger partial charge >= 0.3 is 0 Å². The second-order valence-corrected chi connectivity index (χ2v) is 7.18. The lowest BCUT2D eigenvalue weighted by Crippen LogP contribution is -2.16. The Morgan fingerprint density at radius 2 is 1.91 bits per heavy atom. The van der Waals surface area contributed by atoms with E-state index in [0.29, 0.717) is 5.02 Å². The minimum Gasteiger partial charge on any atom is -0.339 e. The molecule has 3 aromatic rings. The molecule has 2 aromatic carbocycles. The fraction of sp³-hybridized carbons (Fsp3) is 0.125. The maximum atomic E-state index is 12.1. The molecule has 6 heteroatoms. The number of carbonyl (C=O) groups is 1. The van der Waals surface area contributed by atoms with Crippen LogP contribution in [0.5, 0.6) is 0 Å². The number of hydrogen-bond donors (Lipinski definition) is 0. The second kappa shape index (κ2) is 6.28. The van der Waals surface area contributed by atoms with Crippen molar-refractivity contribution in [1.29, 1.82) is 0 Å². The number of benzene rings is 2. The largest absolute Gasteiger partial charge is 0.339 e.